The normalized spacial score (nSPS) is 14.6. The van der Waals surface area contributed by atoms with E-state index in [9.17, 15) is 23.1 Å². The van der Waals surface area contributed by atoms with Crippen LogP contribution in [0.25, 0.3) is 11.4 Å². The first kappa shape index (κ1) is 17.3. The second-order valence-corrected chi connectivity index (χ2v) is 6.13. The van der Waals surface area contributed by atoms with Crippen molar-refractivity contribution >= 4 is 5.97 Å². The molecule has 1 fully saturated rings. The molecule has 3 rings (SSSR count). The molecule has 0 aliphatic heterocycles. The quantitative estimate of drug-likeness (QED) is 0.842. The number of halogens is 3. The number of carboxylic acid groups (broad SMARTS) is 1. The summed E-state index contributed by atoms with van der Waals surface area (Å²) in [6.07, 6.45) is -1.47. The third-order valence-electron chi connectivity index (χ3n) is 4.23. The SMILES string of the molecule is Cc1c(C(=O)O)nc(-c2ccc(OC(F)(F)F)cc2)n1CCC1CC1. The van der Waals surface area contributed by atoms with Crippen LogP contribution in [0.15, 0.2) is 24.3 Å². The van der Waals surface area contributed by atoms with Gasteiger partial charge >= 0.3 is 12.3 Å². The maximum atomic E-state index is 12.3. The average molecular weight is 354 g/mol. The summed E-state index contributed by atoms with van der Waals surface area (Å²) in [7, 11) is 0. The van der Waals surface area contributed by atoms with Gasteiger partial charge in [-0.2, -0.15) is 0 Å². The van der Waals surface area contributed by atoms with Gasteiger partial charge in [0.15, 0.2) is 5.69 Å². The van der Waals surface area contributed by atoms with Crippen molar-refractivity contribution < 1.29 is 27.8 Å². The summed E-state index contributed by atoms with van der Waals surface area (Å²) in [6, 6.07) is 5.28. The molecule has 134 valence electrons. The molecule has 1 aromatic carbocycles. The first-order valence-electron chi connectivity index (χ1n) is 7.91. The summed E-state index contributed by atoms with van der Waals surface area (Å²) in [4.78, 5) is 15.5. The van der Waals surface area contributed by atoms with Crippen LogP contribution in [0.5, 0.6) is 5.75 Å². The van der Waals surface area contributed by atoms with Crippen molar-refractivity contribution in [2.75, 3.05) is 0 Å². The molecular weight excluding hydrogens is 337 g/mol. The number of hydrogen-bond acceptors (Lipinski definition) is 3. The van der Waals surface area contributed by atoms with Gasteiger partial charge in [-0.1, -0.05) is 12.8 Å². The number of hydrogen-bond donors (Lipinski definition) is 1. The summed E-state index contributed by atoms with van der Waals surface area (Å²) in [6.45, 7) is 2.32. The monoisotopic (exact) mass is 354 g/mol. The van der Waals surface area contributed by atoms with Gasteiger partial charge in [0.25, 0.3) is 0 Å². The molecule has 0 bridgehead atoms. The second kappa shape index (κ2) is 6.42. The molecule has 1 heterocycles. The standard InChI is InChI=1S/C17H17F3N2O3/c1-10-14(16(23)24)21-15(22(10)9-8-11-2-3-11)12-4-6-13(7-5-12)25-17(18,19)20/h4-7,11H,2-3,8-9H2,1H3,(H,23,24). The van der Waals surface area contributed by atoms with E-state index in [-0.39, 0.29) is 11.4 Å². The lowest BCUT2D eigenvalue weighted by molar-refractivity contribution is -0.274. The zero-order chi connectivity index (χ0) is 18.2. The molecule has 1 aromatic heterocycles. The molecular formula is C17H17F3N2O3. The van der Waals surface area contributed by atoms with E-state index in [0.29, 0.717) is 29.5 Å². The van der Waals surface area contributed by atoms with E-state index in [1.807, 2.05) is 4.57 Å². The summed E-state index contributed by atoms with van der Waals surface area (Å²) in [5.74, 6) is -0.358. The van der Waals surface area contributed by atoms with Gasteiger partial charge in [0.2, 0.25) is 0 Å². The highest BCUT2D eigenvalue weighted by molar-refractivity contribution is 5.87. The average Bonchev–Trinajstić information content (AvgIpc) is 3.28. The smallest absolute Gasteiger partial charge is 0.476 e. The summed E-state index contributed by atoms with van der Waals surface area (Å²) in [5, 5.41) is 9.29. The van der Waals surface area contributed by atoms with Crippen LogP contribution in [0, 0.1) is 12.8 Å². The van der Waals surface area contributed by atoms with Crippen LogP contribution in [0.4, 0.5) is 13.2 Å². The number of carboxylic acids is 1. The van der Waals surface area contributed by atoms with E-state index in [2.05, 4.69) is 9.72 Å². The number of ether oxygens (including phenoxy) is 1. The lowest BCUT2D eigenvalue weighted by atomic mass is 10.2. The van der Waals surface area contributed by atoms with Crippen molar-refractivity contribution in [1.82, 2.24) is 9.55 Å². The summed E-state index contributed by atoms with van der Waals surface area (Å²) in [5.41, 5.74) is 1.04. The van der Waals surface area contributed by atoms with Crippen LogP contribution in [0.1, 0.15) is 35.4 Å². The molecule has 8 heteroatoms. The predicted octanol–water partition coefficient (Wildman–Crippen LogP) is 4.26. The predicted molar refractivity (Wildman–Crippen MR) is 83.4 cm³/mol. The molecule has 0 unspecified atom stereocenters. The number of imidazole rings is 1. The van der Waals surface area contributed by atoms with Crippen molar-refractivity contribution in [2.45, 2.75) is 39.1 Å². The lowest BCUT2D eigenvalue weighted by Crippen LogP contribution is -2.17. The molecule has 2 aromatic rings. The Morgan fingerprint density at radius 3 is 2.48 bits per heavy atom. The van der Waals surface area contributed by atoms with Gasteiger partial charge in [-0.3, -0.25) is 0 Å². The number of carbonyl (C=O) groups is 1. The Morgan fingerprint density at radius 2 is 1.96 bits per heavy atom. The Hall–Kier alpha value is -2.51. The lowest BCUT2D eigenvalue weighted by Gasteiger charge is -2.11. The first-order chi connectivity index (χ1) is 11.7. The van der Waals surface area contributed by atoms with Crippen molar-refractivity contribution in [3.63, 3.8) is 0 Å². The number of aromatic nitrogens is 2. The van der Waals surface area contributed by atoms with E-state index in [4.69, 9.17) is 0 Å². The molecule has 0 atom stereocenters. The van der Waals surface area contributed by atoms with E-state index < -0.39 is 12.3 Å². The van der Waals surface area contributed by atoms with E-state index in [1.165, 1.54) is 37.1 Å². The minimum atomic E-state index is -4.75. The number of rotatable bonds is 6. The summed E-state index contributed by atoms with van der Waals surface area (Å²) >= 11 is 0. The van der Waals surface area contributed by atoms with Gasteiger partial charge in [0.1, 0.15) is 11.6 Å². The van der Waals surface area contributed by atoms with Crippen molar-refractivity contribution in [3.8, 4) is 17.1 Å². The second-order valence-electron chi connectivity index (χ2n) is 6.13. The van der Waals surface area contributed by atoms with Gasteiger partial charge in [0.05, 0.1) is 0 Å². The molecule has 25 heavy (non-hydrogen) atoms. The molecule has 1 aliphatic rings. The first-order valence-corrected chi connectivity index (χ1v) is 7.91. The number of alkyl halides is 3. The fourth-order valence-electron chi connectivity index (χ4n) is 2.75. The molecule has 0 saturated heterocycles. The van der Waals surface area contributed by atoms with Gasteiger partial charge in [0, 0.05) is 17.8 Å². The van der Waals surface area contributed by atoms with Gasteiger partial charge in [-0.25, -0.2) is 9.78 Å². The third kappa shape index (κ3) is 4.12. The Bertz CT molecular complexity index is 778. The Labute approximate surface area is 142 Å². The van der Waals surface area contributed by atoms with Crippen molar-refractivity contribution in [2.24, 2.45) is 5.92 Å². The van der Waals surface area contributed by atoms with Crippen LogP contribution >= 0.6 is 0 Å². The fourth-order valence-corrected chi connectivity index (χ4v) is 2.75. The van der Waals surface area contributed by atoms with Crippen LogP contribution in [0.2, 0.25) is 0 Å². The molecule has 0 radical (unpaired) electrons. The zero-order valence-electron chi connectivity index (χ0n) is 13.5. The van der Waals surface area contributed by atoms with Gasteiger partial charge in [-0.15, -0.1) is 13.2 Å². The molecule has 0 spiro atoms. The van der Waals surface area contributed by atoms with E-state index in [1.54, 1.807) is 6.92 Å². The highest BCUT2D eigenvalue weighted by atomic mass is 19.4. The minimum absolute atomic E-state index is 0.0404. The third-order valence-corrected chi connectivity index (χ3v) is 4.23. The largest absolute Gasteiger partial charge is 0.573 e. The van der Waals surface area contributed by atoms with Crippen LogP contribution < -0.4 is 4.74 Å². The number of nitrogens with zero attached hydrogens (tertiary/aromatic N) is 2. The Kier molecular flexibility index (Phi) is 4.45. The Morgan fingerprint density at radius 1 is 1.32 bits per heavy atom. The minimum Gasteiger partial charge on any atom is -0.476 e. The molecule has 1 saturated carbocycles. The molecule has 5 nitrogen and oxygen atoms in total. The number of benzene rings is 1. The number of aromatic carboxylic acids is 1. The van der Waals surface area contributed by atoms with Crippen LogP contribution in [-0.4, -0.2) is 27.0 Å². The van der Waals surface area contributed by atoms with Crippen molar-refractivity contribution in [3.05, 3.63) is 35.7 Å². The topological polar surface area (TPSA) is 64.3 Å². The van der Waals surface area contributed by atoms with Gasteiger partial charge in [-0.05, 0) is 43.5 Å². The van der Waals surface area contributed by atoms with E-state index >= 15 is 0 Å². The molecule has 0 amide bonds. The van der Waals surface area contributed by atoms with E-state index in [0.717, 1.165) is 6.42 Å². The molecule has 1 aliphatic carbocycles. The van der Waals surface area contributed by atoms with Crippen LogP contribution in [0.3, 0.4) is 0 Å². The maximum absolute atomic E-state index is 12.3. The summed E-state index contributed by atoms with van der Waals surface area (Å²) < 4.78 is 42.4. The molecule has 1 N–H and O–H groups in total. The van der Waals surface area contributed by atoms with Crippen LogP contribution in [-0.2, 0) is 6.54 Å². The highest BCUT2D eigenvalue weighted by Gasteiger charge is 2.31. The Balaban J connectivity index is 1.91. The maximum Gasteiger partial charge on any atom is 0.573 e. The van der Waals surface area contributed by atoms with Crippen molar-refractivity contribution in [1.29, 1.82) is 0 Å². The zero-order valence-corrected chi connectivity index (χ0v) is 13.5. The highest BCUT2D eigenvalue weighted by Crippen LogP contribution is 2.34. The van der Waals surface area contributed by atoms with Gasteiger partial charge < -0.3 is 14.4 Å². The fraction of sp³-hybridized carbons (Fsp3) is 0.412.